The van der Waals surface area contributed by atoms with Gasteiger partial charge in [0.2, 0.25) is 0 Å². The molecule has 0 heterocycles. The molecule has 132 valence electrons. The second kappa shape index (κ2) is 7.34. The minimum atomic E-state index is -3.32. The summed E-state index contributed by atoms with van der Waals surface area (Å²) < 4.78 is 23.6. The highest BCUT2D eigenvalue weighted by Crippen LogP contribution is 2.28. The zero-order chi connectivity index (χ0) is 17.8. The number of carbonyl (C=O) groups excluding carboxylic acids is 1. The van der Waals surface area contributed by atoms with Crippen molar-refractivity contribution < 1.29 is 23.1 Å². The maximum Gasteiger partial charge on any atom is 0.329 e. The highest BCUT2D eigenvalue weighted by atomic mass is 32.2. The van der Waals surface area contributed by atoms with Crippen LogP contribution in [0.3, 0.4) is 0 Å². The Morgan fingerprint density at radius 1 is 1.08 bits per heavy atom. The molecular formula is C17H23NO5S. The second-order valence-corrected chi connectivity index (χ2v) is 8.46. The predicted octanol–water partition coefficient (Wildman–Crippen LogP) is 2.39. The van der Waals surface area contributed by atoms with Crippen molar-refractivity contribution in [1.29, 1.82) is 0 Å². The standard InChI is InChI=1S/C17H23NO5S/c1-2-24(22,23)14-9-7-13(8-10-14)15(19)18-17(16(20)21)11-5-3-4-6-12-17/h7-10H,2-6,11-12H2,1H3,(H,18,19)(H,20,21). The molecular weight excluding hydrogens is 330 g/mol. The average molecular weight is 353 g/mol. The van der Waals surface area contributed by atoms with Crippen LogP contribution in [0.1, 0.15) is 55.8 Å². The molecule has 0 bridgehead atoms. The number of rotatable bonds is 5. The van der Waals surface area contributed by atoms with Crippen LogP contribution in [0.2, 0.25) is 0 Å². The summed E-state index contributed by atoms with van der Waals surface area (Å²) in [5, 5.41) is 12.3. The van der Waals surface area contributed by atoms with E-state index < -0.39 is 27.3 Å². The lowest BCUT2D eigenvalue weighted by molar-refractivity contribution is -0.145. The van der Waals surface area contributed by atoms with Gasteiger partial charge in [-0.05, 0) is 37.1 Å². The maximum atomic E-state index is 12.4. The van der Waals surface area contributed by atoms with Crippen LogP contribution < -0.4 is 5.32 Å². The van der Waals surface area contributed by atoms with Gasteiger partial charge in [-0.1, -0.05) is 32.6 Å². The van der Waals surface area contributed by atoms with Gasteiger partial charge in [-0.15, -0.1) is 0 Å². The second-order valence-electron chi connectivity index (χ2n) is 6.18. The summed E-state index contributed by atoms with van der Waals surface area (Å²) in [6.45, 7) is 1.55. The molecule has 0 aromatic heterocycles. The number of hydrogen-bond acceptors (Lipinski definition) is 4. The Labute approximate surface area is 142 Å². The summed E-state index contributed by atoms with van der Waals surface area (Å²) in [5.74, 6) is -1.51. The smallest absolute Gasteiger partial charge is 0.329 e. The number of hydrogen-bond donors (Lipinski definition) is 2. The topological polar surface area (TPSA) is 101 Å². The van der Waals surface area contributed by atoms with E-state index in [1.807, 2.05) is 0 Å². The Morgan fingerprint density at radius 3 is 2.08 bits per heavy atom. The Kier molecular flexibility index (Phi) is 5.64. The molecule has 6 nitrogen and oxygen atoms in total. The molecule has 0 atom stereocenters. The van der Waals surface area contributed by atoms with E-state index in [4.69, 9.17) is 0 Å². The summed E-state index contributed by atoms with van der Waals surface area (Å²) in [4.78, 5) is 24.3. The fraction of sp³-hybridized carbons (Fsp3) is 0.529. The minimum Gasteiger partial charge on any atom is -0.480 e. The van der Waals surface area contributed by atoms with Crippen molar-refractivity contribution >= 4 is 21.7 Å². The van der Waals surface area contributed by atoms with Crippen molar-refractivity contribution in [1.82, 2.24) is 5.32 Å². The number of carboxylic acid groups (broad SMARTS) is 1. The molecule has 0 saturated heterocycles. The van der Waals surface area contributed by atoms with Crippen LogP contribution in [0.15, 0.2) is 29.2 Å². The van der Waals surface area contributed by atoms with Crippen LogP contribution in [0, 0.1) is 0 Å². The highest BCUT2D eigenvalue weighted by Gasteiger charge is 2.40. The van der Waals surface area contributed by atoms with Gasteiger partial charge in [-0.25, -0.2) is 13.2 Å². The third-order valence-corrected chi connectivity index (χ3v) is 6.33. The number of benzene rings is 1. The lowest BCUT2D eigenvalue weighted by Gasteiger charge is -2.29. The monoisotopic (exact) mass is 353 g/mol. The first kappa shape index (κ1) is 18.4. The van der Waals surface area contributed by atoms with E-state index in [9.17, 15) is 23.1 Å². The van der Waals surface area contributed by atoms with Crippen LogP contribution in [0.5, 0.6) is 0 Å². The van der Waals surface area contributed by atoms with E-state index >= 15 is 0 Å². The number of carbonyl (C=O) groups is 2. The van der Waals surface area contributed by atoms with Crippen LogP contribution in [0.4, 0.5) is 0 Å². The SMILES string of the molecule is CCS(=O)(=O)c1ccc(C(=O)NC2(C(=O)O)CCCCCC2)cc1. The number of nitrogens with one attached hydrogen (secondary N) is 1. The predicted molar refractivity (Wildman–Crippen MR) is 89.7 cm³/mol. The van der Waals surface area contributed by atoms with Gasteiger partial charge in [0, 0.05) is 5.56 Å². The molecule has 1 fully saturated rings. The van der Waals surface area contributed by atoms with E-state index in [1.165, 1.54) is 24.3 Å². The van der Waals surface area contributed by atoms with Crippen molar-refractivity contribution in [3.8, 4) is 0 Å². The number of amides is 1. The minimum absolute atomic E-state index is 0.0132. The third-order valence-electron chi connectivity index (χ3n) is 4.57. The van der Waals surface area contributed by atoms with Crippen LogP contribution in [-0.2, 0) is 14.6 Å². The fourth-order valence-electron chi connectivity index (χ4n) is 2.99. The first-order chi connectivity index (χ1) is 11.3. The fourth-order valence-corrected chi connectivity index (χ4v) is 3.88. The lowest BCUT2D eigenvalue weighted by atomic mass is 9.90. The Hall–Kier alpha value is -1.89. The molecule has 0 spiro atoms. The molecule has 24 heavy (non-hydrogen) atoms. The van der Waals surface area contributed by atoms with Gasteiger partial charge < -0.3 is 10.4 Å². The molecule has 2 N–H and O–H groups in total. The van der Waals surface area contributed by atoms with E-state index in [-0.39, 0.29) is 16.2 Å². The van der Waals surface area contributed by atoms with E-state index in [0.717, 1.165) is 25.7 Å². The van der Waals surface area contributed by atoms with Crippen LogP contribution in [0.25, 0.3) is 0 Å². The molecule has 1 saturated carbocycles. The Balaban J connectivity index is 2.20. The molecule has 7 heteroatoms. The molecule has 1 aliphatic carbocycles. The highest BCUT2D eigenvalue weighted by molar-refractivity contribution is 7.91. The largest absolute Gasteiger partial charge is 0.480 e. The average Bonchev–Trinajstić information content (AvgIpc) is 2.81. The molecule has 0 unspecified atom stereocenters. The zero-order valence-electron chi connectivity index (χ0n) is 13.7. The van der Waals surface area contributed by atoms with Gasteiger partial charge in [0.15, 0.2) is 9.84 Å². The first-order valence-corrected chi connectivity index (χ1v) is 9.85. The van der Waals surface area contributed by atoms with Gasteiger partial charge in [-0.3, -0.25) is 4.79 Å². The van der Waals surface area contributed by atoms with Crippen molar-refractivity contribution in [3.05, 3.63) is 29.8 Å². The van der Waals surface area contributed by atoms with Crippen molar-refractivity contribution in [2.24, 2.45) is 0 Å². The van der Waals surface area contributed by atoms with Crippen LogP contribution >= 0.6 is 0 Å². The van der Waals surface area contributed by atoms with Crippen LogP contribution in [-0.4, -0.2) is 36.7 Å². The molecule has 1 aromatic carbocycles. The molecule has 1 aliphatic rings. The van der Waals surface area contributed by atoms with Crippen molar-refractivity contribution in [2.75, 3.05) is 5.75 Å². The summed E-state index contributed by atoms with van der Waals surface area (Å²) >= 11 is 0. The quantitative estimate of drug-likeness (QED) is 0.792. The number of carboxylic acids is 1. The van der Waals surface area contributed by atoms with Crippen molar-refractivity contribution in [3.63, 3.8) is 0 Å². The van der Waals surface area contributed by atoms with Gasteiger partial charge in [0.1, 0.15) is 5.54 Å². The first-order valence-electron chi connectivity index (χ1n) is 8.19. The summed E-state index contributed by atoms with van der Waals surface area (Å²) in [6.07, 6.45) is 4.29. The van der Waals surface area contributed by atoms with Gasteiger partial charge in [-0.2, -0.15) is 0 Å². The Bertz CT molecular complexity index is 701. The van der Waals surface area contributed by atoms with E-state index in [1.54, 1.807) is 6.92 Å². The van der Waals surface area contributed by atoms with E-state index in [2.05, 4.69) is 5.32 Å². The number of aliphatic carboxylic acids is 1. The van der Waals surface area contributed by atoms with Gasteiger partial charge in [0.25, 0.3) is 5.91 Å². The molecule has 1 aromatic rings. The molecule has 1 amide bonds. The zero-order valence-corrected chi connectivity index (χ0v) is 14.6. The molecule has 0 aliphatic heterocycles. The van der Waals surface area contributed by atoms with Gasteiger partial charge in [0.05, 0.1) is 10.6 Å². The Morgan fingerprint density at radius 2 is 1.62 bits per heavy atom. The summed E-state index contributed by atoms with van der Waals surface area (Å²) in [7, 11) is -3.32. The molecule has 2 rings (SSSR count). The molecule has 0 radical (unpaired) electrons. The maximum absolute atomic E-state index is 12.4. The third kappa shape index (κ3) is 3.95. The summed E-state index contributed by atoms with van der Waals surface area (Å²) in [5.41, 5.74) is -0.975. The van der Waals surface area contributed by atoms with Crippen molar-refractivity contribution in [2.45, 2.75) is 55.9 Å². The van der Waals surface area contributed by atoms with Gasteiger partial charge >= 0.3 is 5.97 Å². The normalized spacial score (nSPS) is 17.7. The summed E-state index contributed by atoms with van der Waals surface area (Å²) in [6, 6.07) is 5.61. The lowest BCUT2D eigenvalue weighted by Crippen LogP contribution is -2.54. The number of sulfone groups is 1. The van der Waals surface area contributed by atoms with E-state index in [0.29, 0.717) is 12.8 Å².